The van der Waals surface area contributed by atoms with Gasteiger partial charge in [0, 0.05) is 50.4 Å². The lowest BCUT2D eigenvalue weighted by Gasteiger charge is -2.35. The molecule has 0 saturated carbocycles. The predicted octanol–water partition coefficient (Wildman–Crippen LogP) is 4.36. The molecule has 1 saturated heterocycles. The van der Waals surface area contributed by atoms with Crippen molar-refractivity contribution in [1.29, 1.82) is 0 Å². The fourth-order valence-corrected chi connectivity index (χ4v) is 4.63. The quantitative estimate of drug-likeness (QED) is 0.612. The van der Waals surface area contributed by atoms with Crippen LogP contribution in [0.5, 0.6) is 0 Å². The normalized spacial score (nSPS) is 19.3. The molecule has 158 valence electrons. The molecule has 1 aliphatic carbocycles. The summed E-state index contributed by atoms with van der Waals surface area (Å²) in [5, 5.41) is 0.710. The number of benzene rings is 2. The number of hydrogen-bond donors (Lipinski definition) is 0. The topological polar surface area (TPSA) is 49.3 Å². The van der Waals surface area contributed by atoms with Gasteiger partial charge in [0.05, 0.1) is 11.3 Å². The minimum absolute atomic E-state index is 0.125. The number of anilines is 1. The maximum Gasteiger partial charge on any atom is 0.225 e. The Morgan fingerprint density at radius 1 is 0.935 bits per heavy atom. The lowest BCUT2D eigenvalue weighted by Crippen LogP contribution is -2.46. The highest BCUT2D eigenvalue weighted by molar-refractivity contribution is 6.30. The summed E-state index contributed by atoms with van der Waals surface area (Å²) in [5.74, 6) is 1.01. The van der Waals surface area contributed by atoms with Gasteiger partial charge in [0.15, 0.2) is 5.78 Å². The molecular weight excluding hydrogens is 408 g/mol. The molecule has 1 aromatic heterocycles. The fourth-order valence-electron chi connectivity index (χ4n) is 4.51. The van der Waals surface area contributed by atoms with E-state index in [1.54, 1.807) is 6.20 Å². The van der Waals surface area contributed by atoms with Crippen LogP contribution in [0.2, 0.25) is 5.02 Å². The van der Waals surface area contributed by atoms with Crippen LogP contribution in [-0.2, 0) is 13.0 Å². The van der Waals surface area contributed by atoms with Gasteiger partial charge in [-0.25, -0.2) is 9.97 Å². The summed E-state index contributed by atoms with van der Waals surface area (Å²) in [6, 6.07) is 18.4. The number of Topliss-reactive ketones (excluding diaryl/α,β-unsaturated/α-hetero) is 1. The van der Waals surface area contributed by atoms with E-state index in [1.807, 2.05) is 24.3 Å². The van der Waals surface area contributed by atoms with Gasteiger partial charge < -0.3 is 4.90 Å². The van der Waals surface area contributed by atoms with Crippen molar-refractivity contribution in [2.45, 2.75) is 25.3 Å². The van der Waals surface area contributed by atoms with Crippen LogP contribution in [0, 0.1) is 0 Å². The molecule has 31 heavy (non-hydrogen) atoms. The minimum Gasteiger partial charge on any atom is -0.338 e. The van der Waals surface area contributed by atoms with Crippen molar-refractivity contribution >= 4 is 23.3 Å². The highest BCUT2D eigenvalue weighted by atomic mass is 35.5. The minimum atomic E-state index is 0.125. The van der Waals surface area contributed by atoms with Crippen LogP contribution >= 0.6 is 11.6 Å². The molecule has 2 heterocycles. The molecule has 2 aromatic carbocycles. The van der Waals surface area contributed by atoms with E-state index in [2.05, 4.69) is 45.1 Å². The van der Waals surface area contributed by atoms with Crippen molar-refractivity contribution in [3.05, 3.63) is 88.2 Å². The van der Waals surface area contributed by atoms with Gasteiger partial charge in [-0.05, 0) is 35.6 Å². The molecule has 3 aromatic rings. The first kappa shape index (κ1) is 20.2. The third-order valence-corrected chi connectivity index (χ3v) is 6.52. The maximum atomic E-state index is 12.7. The first-order valence-electron chi connectivity index (χ1n) is 10.8. The number of fused-ring (bicyclic) bond motifs is 1. The second-order valence-corrected chi connectivity index (χ2v) is 8.80. The van der Waals surface area contributed by atoms with Crippen LogP contribution in [0.25, 0.3) is 0 Å². The van der Waals surface area contributed by atoms with Crippen molar-refractivity contribution in [2.75, 3.05) is 31.1 Å². The SMILES string of the molecule is O=C1C[C@@H](c2ccc(Cl)cc2)Cc2nc(N3CCN(Cc4ccccc4)CC3)ncc21. The molecule has 2 aliphatic rings. The van der Waals surface area contributed by atoms with E-state index in [9.17, 15) is 4.79 Å². The van der Waals surface area contributed by atoms with E-state index in [0.717, 1.165) is 56.4 Å². The lowest BCUT2D eigenvalue weighted by atomic mass is 9.82. The van der Waals surface area contributed by atoms with Crippen LogP contribution in [0.4, 0.5) is 5.95 Å². The summed E-state index contributed by atoms with van der Waals surface area (Å²) in [7, 11) is 0. The number of hydrogen-bond acceptors (Lipinski definition) is 5. The van der Waals surface area contributed by atoms with Gasteiger partial charge in [0.25, 0.3) is 0 Å². The van der Waals surface area contributed by atoms with E-state index in [0.29, 0.717) is 17.0 Å². The molecule has 5 rings (SSSR count). The Morgan fingerprint density at radius 3 is 2.42 bits per heavy atom. The van der Waals surface area contributed by atoms with E-state index in [4.69, 9.17) is 16.6 Å². The molecule has 0 radical (unpaired) electrons. The average Bonchev–Trinajstić information content (AvgIpc) is 2.80. The zero-order valence-corrected chi connectivity index (χ0v) is 18.1. The molecule has 6 heteroatoms. The van der Waals surface area contributed by atoms with E-state index < -0.39 is 0 Å². The third kappa shape index (κ3) is 4.48. The molecule has 1 atom stereocenters. The Hall–Kier alpha value is -2.76. The summed E-state index contributed by atoms with van der Waals surface area (Å²) in [4.78, 5) is 26.8. The van der Waals surface area contributed by atoms with Crippen molar-refractivity contribution in [2.24, 2.45) is 0 Å². The summed E-state index contributed by atoms with van der Waals surface area (Å²) in [6.07, 6.45) is 2.98. The zero-order chi connectivity index (χ0) is 21.2. The molecular formula is C25H25ClN4O. The number of halogens is 1. The van der Waals surface area contributed by atoms with E-state index in [1.165, 1.54) is 5.56 Å². The van der Waals surface area contributed by atoms with Gasteiger partial charge in [-0.3, -0.25) is 9.69 Å². The van der Waals surface area contributed by atoms with Gasteiger partial charge >= 0.3 is 0 Å². The molecule has 1 aliphatic heterocycles. The average molecular weight is 433 g/mol. The third-order valence-electron chi connectivity index (χ3n) is 6.27. The van der Waals surface area contributed by atoms with Crippen LogP contribution < -0.4 is 4.90 Å². The highest BCUT2D eigenvalue weighted by Crippen LogP contribution is 2.33. The molecule has 0 spiro atoms. The number of nitrogens with zero attached hydrogens (tertiary/aromatic N) is 4. The molecule has 5 nitrogen and oxygen atoms in total. The Morgan fingerprint density at radius 2 is 1.68 bits per heavy atom. The van der Waals surface area contributed by atoms with Gasteiger partial charge in [0.2, 0.25) is 5.95 Å². The van der Waals surface area contributed by atoms with Crippen molar-refractivity contribution in [1.82, 2.24) is 14.9 Å². The first-order chi connectivity index (χ1) is 15.2. The molecule has 0 N–H and O–H groups in total. The number of carbonyl (C=O) groups excluding carboxylic acids is 1. The van der Waals surface area contributed by atoms with Gasteiger partial charge in [-0.15, -0.1) is 0 Å². The Labute approximate surface area is 187 Å². The summed E-state index contributed by atoms with van der Waals surface area (Å²) >= 11 is 6.03. The second kappa shape index (κ2) is 8.77. The van der Waals surface area contributed by atoms with E-state index in [-0.39, 0.29) is 11.7 Å². The number of piperazine rings is 1. The van der Waals surface area contributed by atoms with Gasteiger partial charge in [-0.1, -0.05) is 54.1 Å². The van der Waals surface area contributed by atoms with Crippen molar-refractivity contribution in [3.63, 3.8) is 0 Å². The van der Waals surface area contributed by atoms with Crippen LogP contribution in [0.15, 0.2) is 60.8 Å². The number of ketones is 1. The van der Waals surface area contributed by atoms with Crippen molar-refractivity contribution in [3.8, 4) is 0 Å². The Kier molecular flexibility index (Phi) is 5.70. The maximum absolute atomic E-state index is 12.7. The fraction of sp³-hybridized carbons (Fsp3) is 0.320. The van der Waals surface area contributed by atoms with Crippen LogP contribution in [-0.4, -0.2) is 46.8 Å². The smallest absolute Gasteiger partial charge is 0.225 e. The molecule has 0 bridgehead atoms. The summed E-state index contributed by atoms with van der Waals surface area (Å²) < 4.78 is 0. The Balaban J connectivity index is 1.27. The summed E-state index contributed by atoms with van der Waals surface area (Å²) in [6.45, 7) is 4.70. The van der Waals surface area contributed by atoms with Crippen LogP contribution in [0.3, 0.4) is 0 Å². The number of aromatic nitrogens is 2. The summed E-state index contributed by atoms with van der Waals surface area (Å²) in [5.41, 5.74) is 4.02. The molecule has 1 fully saturated rings. The number of carbonyl (C=O) groups is 1. The first-order valence-corrected chi connectivity index (χ1v) is 11.2. The van der Waals surface area contributed by atoms with Gasteiger partial charge in [0.1, 0.15) is 0 Å². The predicted molar refractivity (Wildman–Crippen MR) is 123 cm³/mol. The monoisotopic (exact) mass is 432 g/mol. The molecule has 0 amide bonds. The van der Waals surface area contributed by atoms with Crippen LogP contribution in [0.1, 0.15) is 39.5 Å². The zero-order valence-electron chi connectivity index (χ0n) is 17.4. The largest absolute Gasteiger partial charge is 0.338 e. The lowest BCUT2D eigenvalue weighted by molar-refractivity contribution is 0.0962. The Bertz CT molecular complexity index is 1060. The standard InChI is InChI=1S/C25H25ClN4O/c26-21-8-6-19(7-9-21)20-14-23-22(24(31)15-20)16-27-25(28-23)30-12-10-29(11-13-30)17-18-4-2-1-3-5-18/h1-9,16,20H,10-15,17H2/t20-/m0/s1. The van der Waals surface area contributed by atoms with Crippen molar-refractivity contribution < 1.29 is 4.79 Å². The van der Waals surface area contributed by atoms with E-state index >= 15 is 0 Å². The second-order valence-electron chi connectivity index (χ2n) is 8.36. The number of rotatable bonds is 4. The highest BCUT2D eigenvalue weighted by Gasteiger charge is 2.29. The van der Waals surface area contributed by atoms with Gasteiger partial charge in [-0.2, -0.15) is 0 Å². The molecule has 0 unspecified atom stereocenters.